The molecular formula is C25H21N3O4S. The summed E-state index contributed by atoms with van der Waals surface area (Å²) in [4.78, 5) is 43.5. The van der Waals surface area contributed by atoms with Crippen molar-refractivity contribution < 1.29 is 9.53 Å². The number of allylic oxidation sites excluding steroid dienone is 1. The summed E-state index contributed by atoms with van der Waals surface area (Å²) in [5.74, 6) is -0.490. The molecule has 0 bridgehead atoms. The van der Waals surface area contributed by atoms with E-state index >= 15 is 0 Å². The summed E-state index contributed by atoms with van der Waals surface area (Å²) in [5, 5.41) is 2.76. The molecule has 0 radical (unpaired) electrons. The maximum Gasteiger partial charge on any atom is 0.339 e. The number of hydrogen-bond donors (Lipinski definition) is 0. The van der Waals surface area contributed by atoms with E-state index in [0.717, 1.165) is 43.6 Å². The largest absolute Gasteiger partial charge is 0.456 e. The zero-order valence-electron chi connectivity index (χ0n) is 18.2. The first kappa shape index (κ1) is 21.1. The lowest BCUT2D eigenvalue weighted by atomic mass is 10.0. The number of aromatic nitrogens is 3. The molecule has 166 valence electrons. The standard InChI is InChI=1S/C25H21N3O4S/c1-27-16(13-21(29)28(2)25(27)31)14-32-24(30)22-18-7-3-4-8-20(18)26-23-15(9-10-19(22)23)12-17-6-5-11-33-17/h3-8,11-13H,9-10,14H2,1-2H3/b15-12+. The Morgan fingerprint density at radius 2 is 1.94 bits per heavy atom. The van der Waals surface area contributed by atoms with Crippen molar-refractivity contribution in [3.63, 3.8) is 0 Å². The highest BCUT2D eigenvalue weighted by Gasteiger charge is 2.27. The molecule has 0 aliphatic heterocycles. The monoisotopic (exact) mass is 459 g/mol. The molecule has 33 heavy (non-hydrogen) atoms. The second-order valence-electron chi connectivity index (χ2n) is 7.97. The third kappa shape index (κ3) is 3.72. The van der Waals surface area contributed by atoms with Crippen LogP contribution < -0.4 is 11.2 Å². The van der Waals surface area contributed by atoms with Crippen LogP contribution in [0.3, 0.4) is 0 Å². The zero-order valence-corrected chi connectivity index (χ0v) is 19.0. The molecule has 1 aliphatic carbocycles. The van der Waals surface area contributed by atoms with Gasteiger partial charge in [0, 0.05) is 30.4 Å². The van der Waals surface area contributed by atoms with E-state index in [1.165, 1.54) is 17.7 Å². The number of rotatable bonds is 4. The van der Waals surface area contributed by atoms with Gasteiger partial charge in [0.25, 0.3) is 5.56 Å². The van der Waals surface area contributed by atoms with Crippen molar-refractivity contribution in [2.24, 2.45) is 14.1 Å². The average Bonchev–Trinajstić information content (AvgIpc) is 3.48. The minimum atomic E-state index is -0.490. The number of esters is 1. The van der Waals surface area contributed by atoms with Crippen molar-refractivity contribution >= 4 is 39.9 Å². The van der Waals surface area contributed by atoms with Crippen molar-refractivity contribution in [3.8, 4) is 0 Å². The van der Waals surface area contributed by atoms with Crippen molar-refractivity contribution in [2.75, 3.05) is 0 Å². The Labute approximate surface area is 193 Å². The number of para-hydroxylation sites is 1. The van der Waals surface area contributed by atoms with Gasteiger partial charge in [-0.25, -0.2) is 14.6 Å². The van der Waals surface area contributed by atoms with Crippen molar-refractivity contribution in [3.05, 3.63) is 96.1 Å². The summed E-state index contributed by atoms with van der Waals surface area (Å²) >= 11 is 1.66. The van der Waals surface area contributed by atoms with Crippen LogP contribution in [0.4, 0.5) is 0 Å². The first-order chi connectivity index (χ1) is 15.9. The zero-order chi connectivity index (χ0) is 23.1. The third-order valence-electron chi connectivity index (χ3n) is 5.98. The van der Waals surface area contributed by atoms with Crippen LogP contribution in [-0.2, 0) is 31.9 Å². The number of fused-ring (bicyclic) bond motifs is 2. The molecule has 0 spiro atoms. The quantitative estimate of drug-likeness (QED) is 0.436. The molecule has 0 unspecified atom stereocenters. The minimum Gasteiger partial charge on any atom is -0.456 e. The van der Waals surface area contributed by atoms with Gasteiger partial charge in [-0.15, -0.1) is 11.3 Å². The molecule has 0 N–H and O–H groups in total. The average molecular weight is 460 g/mol. The van der Waals surface area contributed by atoms with E-state index in [4.69, 9.17) is 9.72 Å². The molecule has 8 heteroatoms. The fraction of sp³-hybridized carbons (Fsp3) is 0.200. The minimum absolute atomic E-state index is 0.177. The highest BCUT2D eigenvalue weighted by atomic mass is 32.1. The predicted molar refractivity (Wildman–Crippen MR) is 128 cm³/mol. The predicted octanol–water partition coefficient (Wildman–Crippen LogP) is 3.54. The molecule has 1 aliphatic rings. The Hall–Kier alpha value is -3.78. The lowest BCUT2D eigenvalue weighted by Gasteiger charge is -2.14. The Balaban J connectivity index is 1.55. The smallest absolute Gasteiger partial charge is 0.339 e. The first-order valence-electron chi connectivity index (χ1n) is 10.5. The van der Waals surface area contributed by atoms with E-state index in [2.05, 4.69) is 12.1 Å². The summed E-state index contributed by atoms with van der Waals surface area (Å²) in [6, 6.07) is 12.9. The molecule has 1 aromatic carbocycles. The highest BCUT2D eigenvalue weighted by Crippen LogP contribution is 2.38. The van der Waals surface area contributed by atoms with Crippen LogP contribution in [0.15, 0.2) is 57.4 Å². The number of ether oxygens (including phenoxy) is 1. The van der Waals surface area contributed by atoms with E-state index < -0.39 is 17.2 Å². The van der Waals surface area contributed by atoms with E-state index in [-0.39, 0.29) is 6.61 Å². The topological polar surface area (TPSA) is 83.2 Å². The summed E-state index contributed by atoms with van der Waals surface area (Å²) in [6.07, 6.45) is 3.61. The molecule has 3 heterocycles. The first-order valence-corrected chi connectivity index (χ1v) is 11.4. The SMILES string of the molecule is Cn1c(COC(=O)c2c3c(nc4ccccc24)/C(=C/c2cccs2)CC3)cc(=O)n(C)c1=O. The number of thiophene rings is 1. The number of nitrogens with zero attached hydrogens (tertiary/aromatic N) is 3. The van der Waals surface area contributed by atoms with Crippen LogP contribution in [0.25, 0.3) is 22.6 Å². The third-order valence-corrected chi connectivity index (χ3v) is 6.80. The van der Waals surface area contributed by atoms with Gasteiger partial charge in [-0.05, 0) is 47.6 Å². The molecule has 5 rings (SSSR count). The van der Waals surface area contributed by atoms with Gasteiger partial charge in [-0.1, -0.05) is 24.3 Å². The van der Waals surface area contributed by atoms with Gasteiger partial charge < -0.3 is 4.74 Å². The van der Waals surface area contributed by atoms with Gasteiger partial charge >= 0.3 is 11.7 Å². The van der Waals surface area contributed by atoms with Crippen LogP contribution >= 0.6 is 11.3 Å². The summed E-state index contributed by atoms with van der Waals surface area (Å²) < 4.78 is 7.95. The van der Waals surface area contributed by atoms with Crippen molar-refractivity contribution in [2.45, 2.75) is 19.4 Å². The van der Waals surface area contributed by atoms with Crippen LogP contribution in [0, 0.1) is 0 Å². The molecule has 4 aromatic rings. The molecule has 0 saturated carbocycles. The number of benzene rings is 1. The Bertz CT molecular complexity index is 1540. The van der Waals surface area contributed by atoms with Crippen molar-refractivity contribution in [1.82, 2.24) is 14.1 Å². The van der Waals surface area contributed by atoms with Crippen LogP contribution in [0.2, 0.25) is 0 Å². The van der Waals surface area contributed by atoms with Gasteiger partial charge in [0.2, 0.25) is 0 Å². The van der Waals surface area contributed by atoms with Gasteiger partial charge in [0.05, 0.1) is 22.5 Å². The lowest BCUT2D eigenvalue weighted by Crippen LogP contribution is -2.38. The molecule has 0 atom stereocenters. The molecule has 0 amide bonds. The maximum atomic E-state index is 13.3. The normalized spacial score (nSPS) is 14.1. The molecule has 0 fully saturated rings. The Kier molecular flexibility index (Phi) is 5.30. The van der Waals surface area contributed by atoms with E-state index in [9.17, 15) is 14.4 Å². The Morgan fingerprint density at radius 1 is 1.12 bits per heavy atom. The summed E-state index contributed by atoms with van der Waals surface area (Å²) in [6.45, 7) is -0.177. The highest BCUT2D eigenvalue weighted by molar-refractivity contribution is 7.10. The second-order valence-corrected chi connectivity index (χ2v) is 8.95. The van der Waals surface area contributed by atoms with Crippen LogP contribution in [0.5, 0.6) is 0 Å². The Morgan fingerprint density at radius 3 is 2.73 bits per heavy atom. The van der Waals surface area contributed by atoms with E-state index in [0.29, 0.717) is 17.7 Å². The number of hydrogen-bond acceptors (Lipinski definition) is 6. The number of pyridine rings is 1. The number of carbonyl (C=O) groups is 1. The van der Waals surface area contributed by atoms with Gasteiger partial charge in [0.15, 0.2) is 0 Å². The maximum absolute atomic E-state index is 13.3. The fourth-order valence-corrected chi connectivity index (χ4v) is 4.87. The van der Waals surface area contributed by atoms with E-state index in [1.54, 1.807) is 18.4 Å². The molecule has 7 nitrogen and oxygen atoms in total. The lowest BCUT2D eigenvalue weighted by molar-refractivity contribution is 0.0464. The van der Waals surface area contributed by atoms with Gasteiger partial charge in [-0.2, -0.15) is 0 Å². The van der Waals surface area contributed by atoms with E-state index in [1.807, 2.05) is 35.7 Å². The second kappa shape index (κ2) is 8.29. The number of carbonyl (C=O) groups excluding carboxylic acids is 1. The fourth-order valence-electron chi connectivity index (χ4n) is 4.19. The molecule has 0 saturated heterocycles. The molecule has 3 aromatic heterocycles. The van der Waals surface area contributed by atoms with Crippen LogP contribution in [-0.4, -0.2) is 20.1 Å². The molecular weight excluding hydrogens is 438 g/mol. The van der Waals surface area contributed by atoms with Crippen LogP contribution in [0.1, 0.15) is 38.6 Å². The summed E-state index contributed by atoms with van der Waals surface area (Å²) in [5.41, 5.74) is 3.46. The summed E-state index contributed by atoms with van der Waals surface area (Å²) in [7, 11) is 2.96. The van der Waals surface area contributed by atoms with Gasteiger partial charge in [-0.3, -0.25) is 13.9 Å². The van der Waals surface area contributed by atoms with Crippen molar-refractivity contribution in [1.29, 1.82) is 0 Å². The van der Waals surface area contributed by atoms with Gasteiger partial charge in [0.1, 0.15) is 6.61 Å².